The van der Waals surface area contributed by atoms with E-state index >= 15 is 0 Å². The second-order valence-corrected chi connectivity index (χ2v) is 8.23. The highest BCUT2D eigenvalue weighted by Crippen LogP contribution is 2.35. The molecule has 2 aromatic heterocycles. The minimum atomic E-state index is -0.333. The summed E-state index contributed by atoms with van der Waals surface area (Å²) < 4.78 is 6.73. The summed E-state index contributed by atoms with van der Waals surface area (Å²) in [6.07, 6.45) is 0. The number of aromatic amines is 1. The Morgan fingerprint density at radius 2 is 1.53 bits per heavy atom. The van der Waals surface area contributed by atoms with Gasteiger partial charge in [0.15, 0.2) is 5.65 Å². The second-order valence-electron chi connectivity index (χ2n) is 8.23. The number of ether oxygens (including phenoxy) is 1. The van der Waals surface area contributed by atoms with Crippen LogP contribution in [0.15, 0.2) is 89.7 Å². The summed E-state index contributed by atoms with van der Waals surface area (Å²) in [5.74, 6) is 6.32. The number of hydrazine groups is 1. The van der Waals surface area contributed by atoms with E-state index in [0.717, 1.165) is 27.4 Å². The molecule has 0 atom stereocenters. The maximum absolute atomic E-state index is 14.0. The zero-order chi connectivity index (χ0) is 25.2. The van der Waals surface area contributed by atoms with Crippen molar-refractivity contribution < 1.29 is 4.74 Å². The van der Waals surface area contributed by atoms with Gasteiger partial charge in [0.1, 0.15) is 5.75 Å². The van der Waals surface area contributed by atoms with Crippen LogP contribution < -0.4 is 21.9 Å². The van der Waals surface area contributed by atoms with E-state index in [-0.39, 0.29) is 18.1 Å². The molecule has 0 saturated carbocycles. The molecule has 9 heteroatoms. The molecule has 0 unspecified atom stereocenters. The van der Waals surface area contributed by atoms with Gasteiger partial charge < -0.3 is 10.5 Å². The molecule has 0 aliphatic heterocycles. The van der Waals surface area contributed by atoms with E-state index < -0.39 is 0 Å². The van der Waals surface area contributed by atoms with E-state index in [4.69, 9.17) is 26.7 Å². The van der Waals surface area contributed by atoms with Crippen LogP contribution in [0.3, 0.4) is 0 Å². The number of nitrogens with one attached hydrogen (secondary N) is 2. The molecule has 2 heterocycles. The number of guanidine groups is 1. The molecule has 0 amide bonds. The molecule has 0 spiro atoms. The number of nitrogens with two attached hydrogens (primary N) is 2. The molecule has 9 nitrogen and oxygen atoms in total. The van der Waals surface area contributed by atoms with Crippen LogP contribution in [-0.4, -0.2) is 32.7 Å². The van der Waals surface area contributed by atoms with Gasteiger partial charge in [-0.2, -0.15) is 4.52 Å². The van der Waals surface area contributed by atoms with Crippen molar-refractivity contribution in [2.75, 3.05) is 7.11 Å². The van der Waals surface area contributed by atoms with Crippen LogP contribution in [0.2, 0.25) is 0 Å². The average Bonchev–Trinajstić information content (AvgIpc) is 3.30. The van der Waals surface area contributed by atoms with Gasteiger partial charge in [0.05, 0.1) is 36.2 Å². The molecule has 6 N–H and O–H groups in total. The third kappa shape index (κ3) is 4.08. The van der Waals surface area contributed by atoms with Crippen LogP contribution in [0, 0.1) is 5.41 Å². The van der Waals surface area contributed by atoms with Gasteiger partial charge in [0.25, 0.3) is 5.56 Å². The van der Waals surface area contributed by atoms with E-state index in [0.29, 0.717) is 28.2 Å². The van der Waals surface area contributed by atoms with Crippen LogP contribution in [0.1, 0.15) is 5.69 Å². The number of H-pyrrole nitrogens is 1. The van der Waals surface area contributed by atoms with E-state index in [1.807, 2.05) is 60.7 Å². The quantitative estimate of drug-likeness (QED) is 0.127. The minimum Gasteiger partial charge on any atom is -0.497 e. The minimum absolute atomic E-state index is 0.0253. The van der Waals surface area contributed by atoms with Crippen molar-refractivity contribution in [2.45, 2.75) is 6.54 Å². The fourth-order valence-corrected chi connectivity index (χ4v) is 4.22. The fourth-order valence-electron chi connectivity index (χ4n) is 4.22. The Balaban J connectivity index is 1.85. The van der Waals surface area contributed by atoms with E-state index in [2.05, 4.69) is 5.10 Å². The lowest BCUT2D eigenvalue weighted by Crippen LogP contribution is -2.42. The zero-order valence-corrected chi connectivity index (χ0v) is 19.6. The molecule has 0 bridgehead atoms. The Bertz CT molecular complexity index is 1590. The lowest BCUT2D eigenvalue weighted by Gasteiger charge is -2.18. The predicted molar refractivity (Wildman–Crippen MR) is 140 cm³/mol. The standard InChI is InChI=1S/C27H25N7O2/c1-36-20-14-12-18(13-15-20)22-21(16-33(30)27(28)29)31-25-23(17-8-4-2-5-9-17)24(32-34(25)26(22)35)19-10-6-3-7-11-19/h2-15,32H,16,30H2,1H3,(H3,28,29). The maximum Gasteiger partial charge on any atom is 0.280 e. The maximum atomic E-state index is 14.0. The third-order valence-corrected chi connectivity index (χ3v) is 5.99. The molecular formula is C27H25N7O2. The number of hydrogen-bond acceptors (Lipinski definition) is 5. The molecule has 180 valence electrons. The third-order valence-electron chi connectivity index (χ3n) is 5.99. The summed E-state index contributed by atoms with van der Waals surface area (Å²) in [5.41, 5.74) is 10.5. The lowest BCUT2D eigenvalue weighted by molar-refractivity contribution is 0.415. The van der Waals surface area contributed by atoms with Gasteiger partial charge in [-0.15, -0.1) is 0 Å². The highest BCUT2D eigenvalue weighted by atomic mass is 16.5. The van der Waals surface area contributed by atoms with Gasteiger partial charge in [-0.3, -0.25) is 20.3 Å². The van der Waals surface area contributed by atoms with Crippen molar-refractivity contribution >= 4 is 11.6 Å². The topological polar surface area (TPSA) is 139 Å². The van der Waals surface area contributed by atoms with Crippen LogP contribution in [0.5, 0.6) is 5.75 Å². The molecule has 0 saturated heterocycles. The first-order valence-electron chi connectivity index (χ1n) is 11.3. The van der Waals surface area contributed by atoms with Crippen LogP contribution >= 0.6 is 0 Å². The first-order valence-corrected chi connectivity index (χ1v) is 11.3. The summed E-state index contributed by atoms with van der Waals surface area (Å²) in [6, 6.07) is 26.7. The summed E-state index contributed by atoms with van der Waals surface area (Å²) in [7, 11) is 1.58. The first kappa shape index (κ1) is 22.9. The lowest BCUT2D eigenvalue weighted by atomic mass is 10.0. The van der Waals surface area contributed by atoms with Gasteiger partial charge in [-0.1, -0.05) is 72.8 Å². The Kier molecular flexibility index (Phi) is 5.97. The number of fused-ring (bicyclic) bond motifs is 1. The molecule has 0 aliphatic carbocycles. The van der Waals surface area contributed by atoms with Crippen LogP contribution in [0.25, 0.3) is 39.2 Å². The molecule has 0 radical (unpaired) electrons. The average molecular weight is 480 g/mol. The van der Waals surface area contributed by atoms with Crippen molar-refractivity contribution in [1.29, 1.82) is 5.41 Å². The normalized spacial score (nSPS) is 10.9. The number of rotatable bonds is 6. The molecule has 0 aliphatic rings. The van der Waals surface area contributed by atoms with Gasteiger partial charge >= 0.3 is 0 Å². The molecular weight excluding hydrogens is 454 g/mol. The van der Waals surface area contributed by atoms with E-state index in [1.54, 1.807) is 31.4 Å². The van der Waals surface area contributed by atoms with Crippen LogP contribution in [0.4, 0.5) is 0 Å². The second kappa shape index (κ2) is 9.40. The van der Waals surface area contributed by atoms with E-state index in [9.17, 15) is 4.79 Å². The Hall–Kier alpha value is -4.89. The largest absolute Gasteiger partial charge is 0.497 e. The van der Waals surface area contributed by atoms with Gasteiger partial charge in [-0.05, 0) is 23.3 Å². The molecule has 5 aromatic rings. The highest BCUT2D eigenvalue weighted by Gasteiger charge is 2.23. The molecule has 36 heavy (non-hydrogen) atoms. The number of methoxy groups -OCH3 is 1. The van der Waals surface area contributed by atoms with Crippen molar-refractivity contribution in [3.8, 4) is 39.3 Å². The Morgan fingerprint density at radius 3 is 2.11 bits per heavy atom. The van der Waals surface area contributed by atoms with Crippen molar-refractivity contribution in [3.05, 3.63) is 101 Å². The number of aromatic nitrogens is 3. The fraction of sp³-hybridized carbons (Fsp3) is 0.0741. The SMILES string of the molecule is COc1ccc(-c2c(CN(N)C(=N)N)nc3c(-c4ccccc4)c(-c4ccccc4)[nH]n3c2=O)cc1. The van der Waals surface area contributed by atoms with Gasteiger partial charge in [-0.25, -0.2) is 10.8 Å². The molecule has 5 rings (SSSR count). The Morgan fingerprint density at radius 1 is 0.944 bits per heavy atom. The Labute approximate surface area is 207 Å². The van der Waals surface area contributed by atoms with Crippen molar-refractivity contribution in [1.82, 2.24) is 19.6 Å². The number of nitrogens with zero attached hydrogens (tertiary/aromatic N) is 3. The highest BCUT2D eigenvalue weighted by molar-refractivity contribution is 5.91. The smallest absolute Gasteiger partial charge is 0.280 e. The van der Waals surface area contributed by atoms with Gasteiger partial charge in [0, 0.05) is 5.56 Å². The predicted octanol–water partition coefficient (Wildman–Crippen LogP) is 3.60. The molecule has 0 fully saturated rings. The zero-order valence-electron chi connectivity index (χ0n) is 19.6. The summed E-state index contributed by atoms with van der Waals surface area (Å²) in [5, 5.41) is 12.1. The summed E-state index contributed by atoms with van der Waals surface area (Å²) in [4.78, 5) is 18.9. The van der Waals surface area contributed by atoms with Crippen molar-refractivity contribution in [3.63, 3.8) is 0 Å². The number of benzene rings is 3. The first-order chi connectivity index (χ1) is 17.5. The van der Waals surface area contributed by atoms with Crippen molar-refractivity contribution in [2.24, 2.45) is 11.6 Å². The monoisotopic (exact) mass is 479 g/mol. The number of hydrogen-bond donors (Lipinski definition) is 4. The van der Waals surface area contributed by atoms with Crippen LogP contribution in [-0.2, 0) is 6.54 Å². The van der Waals surface area contributed by atoms with E-state index in [1.165, 1.54) is 4.52 Å². The molecule has 3 aromatic carbocycles. The van der Waals surface area contributed by atoms with Gasteiger partial charge in [0.2, 0.25) is 5.96 Å². The summed E-state index contributed by atoms with van der Waals surface area (Å²) in [6.45, 7) is -0.0253. The summed E-state index contributed by atoms with van der Waals surface area (Å²) >= 11 is 0.